The highest BCUT2D eigenvalue weighted by atomic mass is 32.2. The van der Waals surface area contributed by atoms with Gasteiger partial charge in [-0.15, -0.1) is 0 Å². The lowest BCUT2D eigenvalue weighted by atomic mass is 9.86. The summed E-state index contributed by atoms with van der Waals surface area (Å²) in [6.45, 7) is 6.50. The molecule has 0 amide bonds. The Morgan fingerprint density at radius 1 is 1.41 bits per heavy atom. The summed E-state index contributed by atoms with van der Waals surface area (Å²) in [5.74, 6) is 2.03. The molecule has 0 aromatic heterocycles. The molecule has 3 nitrogen and oxygen atoms in total. The molecule has 100 valence electrons. The molecule has 2 heterocycles. The lowest BCUT2D eigenvalue weighted by Gasteiger charge is -2.46. The minimum atomic E-state index is 0.280. The standard InChI is InChI=1S/C13H26N2OS/c1-11-13(10-14,5-8-17-11)15-6-3-12(4-7-15)9-16-2/h11-12H,3-10,14H2,1-2H3. The van der Waals surface area contributed by atoms with Crippen LogP contribution in [-0.2, 0) is 4.74 Å². The highest BCUT2D eigenvalue weighted by Crippen LogP contribution is 2.41. The van der Waals surface area contributed by atoms with Gasteiger partial charge in [0.1, 0.15) is 0 Å². The van der Waals surface area contributed by atoms with Crippen LogP contribution in [0.15, 0.2) is 0 Å². The summed E-state index contributed by atoms with van der Waals surface area (Å²) in [6, 6.07) is 0. The lowest BCUT2D eigenvalue weighted by molar-refractivity contribution is 0.0360. The van der Waals surface area contributed by atoms with E-state index in [0.29, 0.717) is 5.25 Å². The number of nitrogens with zero attached hydrogens (tertiary/aromatic N) is 1. The Balaban J connectivity index is 1.94. The maximum atomic E-state index is 6.10. The van der Waals surface area contributed by atoms with E-state index in [-0.39, 0.29) is 5.54 Å². The monoisotopic (exact) mass is 258 g/mol. The largest absolute Gasteiger partial charge is 0.384 e. The molecular formula is C13H26N2OS. The summed E-state index contributed by atoms with van der Waals surface area (Å²) in [4.78, 5) is 2.67. The van der Waals surface area contributed by atoms with Crippen LogP contribution in [-0.4, -0.2) is 54.8 Å². The number of rotatable bonds is 4. The maximum Gasteiger partial charge on any atom is 0.0491 e. The molecule has 2 N–H and O–H groups in total. The fraction of sp³-hybridized carbons (Fsp3) is 1.00. The van der Waals surface area contributed by atoms with E-state index in [9.17, 15) is 0 Å². The third kappa shape index (κ3) is 2.65. The molecule has 0 radical (unpaired) electrons. The molecule has 2 aliphatic rings. The molecule has 0 aliphatic carbocycles. The zero-order valence-corrected chi connectivity index (χ0v) is 12.0. The molecule has 2 fully saturated rings. The number of nitrogens with two attached hydrogens (primary N) is 1. The van der Waals surface area contributed by atoms with Gasteiger partial charge < -0.3 is 10.5 Å². The molecule has 0 bridgehead atoms. The third-order valence-corrected chi connectivity index (χ3v) is 6.04. The quantitative estimate of drug-likeness (QED) is 0.831. The number of hydrogen-bond acceptors (Lipinski definition) is 4. The number of hydrogen-bond donors (Lipinski definition) is 1. The zero-order valence-electron chi connectivity index (χ0n) is 11.2. The molecule has 0 aromatic carbocycles. The van der Waals surface area contributed by atoms with Gasteiger partial charge in [-0.25, -0.2) is 0 Å². The van der Waals surface area contributed by atoms with Crippen LogP contribution in [0.1, 0.15) is 26.2 Å². The second kappa shape index (κ2) is 5.91. The van der Waals surface area contributed by atoms with E-state index in [4.69, 9.17) is 10.5 Å². The predicted octanol–water partition coefficient (Wildman–Crippen LogP) is 1.57. The fourth-order valence-electron chi connectivity index (χ4n) is 3.36. The molecule has 2 aliphatic heterocycles. The van der Waals surface area contributed by atoms with Gasteiger partial charge in [0, 0.05) is 31.1 Å². The van der Waals surface area contributed by atoms with Crippen LogP contribution in [0.4, 0.5) is 0 Å². The van der Waals surface area contributed by atoms with Crippen LogP contribution < -0.4 is 5.73 Å². The van der Waals surface area contributed by atoms with Gasteiger partial charge in [-0.3, -0.25) is 4.90 Å². The van der Waals surface area contributed by atoms with Crippen LogP contribution in [0.5, 0.6) is 0 Å². The second-order valence-corrected chi connectivity index (χ2v) is 6.91. The molecule has 2 rings (SSSR count). The molecule has 2 unspecified atom stereocenters. The SMILES string of the molecule is COCC1CCN(C2(CN)CCSC2C)CC1. The Hall–Kier alpha value is 0.230. The first-order chi connectivity index (χ1) is 8.23. The molecule has 2 atom stereocenters. The van der Waals surface area contributed by atoms with E-state index in [1.165, 1.54) is 38.1 Å². The van der Waals surface area contributed by atoms with E-state index in [0.717, 1.165) is 19.1 Å². The number of piperidine rings is 1. The van der Waals surface area contributed by atoms with Gasteiger partial charge in [0.25, 0.3) is 0 Å². The van der Waals surface area contributed by atoms with Crippen LogP contribution in [0.25, 0.3) is 0 Å². The van der Waals surface area contributed by atoms with Crippen molar-refractivity contribution in [3.63, 3.8) is 0 Å². The first kappa shape index (κ1) is 13.7. The van der Waals surface area contributed by atoms with Gasteiger partial charge in [0.05, 0.1) is 0 Å². The molecule has 0 spiro atoms. The van der Waals surface area contributed by atoms with E-state index in [1.54, 1.807) is 0 Å². The Morgan fingerprint density at radius 3 is 2.59 bits per heavy atom. The van der Waals surface area contributed by atoms with Gasteiger partial charge in [0.15, 0.2) is 0 Å². The number of likely N-dealkylation sites (tertiary alicyclic amines) is 1. The van der Waals surface area contributed by atoms with Crippen molar-refractivity contribution >= 4 is 11.8 Å². The first-order valence-electron chi connectivity index (χ1n) is 6.78. The molecule has 4 heteroatoms. The highest BCUT2D eigenvalue weighted by molar-refractivity contribution is 8.00. The average molecular weight is 258 g/mol. The molecular weight excluding hydrogens is 232 g/mol. The summed E-state index contributed by atoms with van der Waals surface area (Å²) >= 11 is 2.09. The summed E-state index contributed by atoms with van der Waals surface area (Å²) in [7, 11) is 1.81. The van der Waals surface area contributed by atoms with E-state index < -0.39 is 0 Å². The number of thioether (sulfide) groups is 1. The van der Waals surface area contributed by atoms with Crippen molar-refractivity contribution in [3.8, 4) is 0 Å². The summed E-state index contributed by atoms with van der Waals surface area (Å²) < 4.78 is 5.27. The van der Waals surface area contributed by atoms with Crippen LogP contribution in [0.2, 0.25) is 0 Å². The van der Waals surface area contributed by atoms with Gasteiger partial charge in [-0.1, -0.05) is 6.92 Å². The Morgan fingerprint density at radius 2 is 2.12 bits per heavy atom. The first-order valence-corrected chi connectivity index (χ1v) is 7.83. The van der Waals surface area contributed by atoms with E-state index in [1.807, 2.05) is 7.11 Å². The van der Waals surface area contributed by atoms with Crippen molar-refractivity contribution < 1.29 is 4.74 Å². The van der Waals surface area contributed by atoms with Gasteiger partial charge in [0.2, 0.25) is 0 Å². The van der Waals surface area contributed by atoms with Crippen molar-refractivity contribution in [2.24, 2.45) is 11.7 Å². The fourth-order valence-corrected chi connectivity index (χ4v) is 4.86. The van der Waals surface area contributed by atoms with Crippen molar-refractivity contribution in [2.45, 2.75) is 37.0 Å². The third-order valence-electron chi connectivity index (χ3n) is 4.66. The second-order valence-electron chi connectivity index (χ2n) is 5.46. The van der Waals surface area contributed by atoms with Crippen molar-refractivity contribution in [2.75, 3.05) is 39.1 Å². The molecule has 2 saturated heterocycles. The minimum Gasteiger partial charge on any atom is -0.384 e. The summed E-state index contributed by atoms with van der Waals surface area (Å²) in [5.41, 5.74) is 6.38. The van der Waals surface area contributed by atoms with Crippen LogP contribution in [0, 0.1) is 5.92 Å². The van der Waals surface area contributed by atoms with Crippen molar-refractivity contribution in [3.05, 3.63) is 0 Å². The lowest BCUT2D eigenvalue weighted by Crippen LogP contribution is -2.59. The topological polar surface area (TPSA) is 38.5 Å². The summed E-state index contributed by atoms with van der Waals surface area (Å²) in [5, 5.41) is 0.687. The van der Waals surface area contributed by atoms with E-state index >= 15 is 0 Å². The summed E-state index contributed by atoms with van der Waals surface area (Å²) in [6.07, 6.45) is 3.81. The Labute approximate surface area is 109 Å². The highest BCUT2D eigenvalue weighted by Gasteiger charge is 2.45. The van der Waals surface area contributed by atoms with Gasteiger partial charge >= 0.3 is 0 Å². The zero-order chi connectivity index (χ0) is 12.3. The van der Waals surface area contributed by atoms with Crippen molar-refractivity contribution in [1.29, 1.82) is 0 Å². The smallest absolute Gasteiger partial charge is 0.0491 e. The average Bonchev–Trinajstić information content (AvgIpc) is 2.73. The van der Waals surface area contributed by atoms with Crippen LogP contribution in [0.3, 0.4) is 0 Å². The normalized spacial score (nSPS) is 36.5. The minimum absolute atomic E-state index is 0.280. The maximum absolute atomic E-state index is 6.10. The number of methoxy groups -OCH3 is 1. The predicted molar refractivity (Wildman–Crippen MR) is 74.5 cm³/mol. The Kier molecular flexibility index (Phi) is 4.75. The van der Waals surface area contributed by atoms with Crippen molar-refractivity contribution in [1.82, 2.24) is 4.90 Å². The van der Waals surface area contributed by atoms with Crippen LogP contribution >= 0.6 is 11.8 Å². The molecule has 0 aromatic rings. The van der Waals surface area contributed by atoms with E-state index in [2.05, 4.69) is 23.6 Å². The molecule has 17 heavy (non-hydrogen) atoms. The van der Waals surface area contributed by atoms with Gasteiger partial charge in [-0.05, 0) is 44.0 Å². The Bertz CT molecular complexity index is 244. The number of ether oxygens (including phenoxy) is 1. The van der Waals surface area contributed by atoms with Gasteiger partial charge in [-0.2, -0.15) is 11.8 Å². The molecule has 0 saturated carbocycles.